The van der Waals surface area contributed by atoms with E-state index in [9.17, 15) is 24.3 Å². The standard InChI is InChI=1S/C19H28N4O5/c1-3-11(2)16(19(27)28)23-18(26)14(10-15(21)24)22-17(25)13(20)9-12-7-5-4-6-8-12/h4-8,11,13-14,16H,3,9-10,20H2,1-2H3,(H2,21,24)(H,22,25)(H,23,26)(H,27,28)/t11-,13-,14-,16-/m0/s1. The number of carboxylic acids is 1. The zero-order chi connectivity index (χ0) is 21.3. The number of carboxylic acid groups (broad SMARTS) is 1. The van der Waals surface area contributed by atoms with Crippen LogP contribution < -0.4 is 22.1 Å². The van der Waals surface area contributed by atoms with Gasteiger partial charge >= 0.3 is 5.97 Å². The maximum atomic E-state index is 12.5. The Kier molecular flexibility index (Phi) is 9.10. The van der Waals surface area contributed by atoms with E-state index in [4.69, 9.17) is 11.5 Å². The van der Waals surface area contributed by atoms with Crippen molar-refractivity contribution < 1.29 is 24.3 Å². The summed E-state index contributed by atoms with van der Waals surface area (Å²) in [6.07, 6.45) is 0.288. The first-order chi connectivity index (χ1) is 13.1. The third-order valence-electron chi connectivity index (χ3n) is 4.45. The fourth-order valence-electron chi connectivity index (χ4n) is 2.59. The zero-order valence-corrected chi connectivity index (χ0v) is 16.1. The van der Waals surface area contributed by atoms with Crippen molar-refractivity contribution in [3.05, 3.63) is 35.9 Å². The van der Waals surface area contributed by atoms with Crippen LogP contribution in [0.4, 0.5) is 0 Å². The second-order valence-corrected chi connectivity index (χ2v) is 6.74. The molecule has 28 heavy (non-hydrogen) atoms. The monoisotopic (exact) mass is 392 g/mol. The lowest BCUT2D eigenvalue weighted by Crippen LogP contribution is -2.56. The van der Waals surface area contributed by atoms with Crippen LogP contribution in [-0.4, -0.2) is 46.9 Å². The molecule has 9 nitrogen and oxygen atoms in total. The molecule has 0 aromatic heterocycles. The molecule has 0 bridgehead atoms. The highest BCUT2D eigenvalue weighted by molar-refractivity contribution is 5.94. The van der Waals surface area contributed by atoms with Crippen molar-refractivity contribution in [2.24, 2.45) is 17.4 Å². The van der Waals surface area contributed by atoms with Gasteiger partial charge in [0.15, 0.2) is 0 Å². The number of carbonyl (C=O) groups excluding carboxylic acids is 3. The number of hydrogen-bond acceptors (Lipinski definition) is 5. The Morgan fingerprint density at radius 3 is 2.18 bits per heavy atom. The summed E-state index contributed by atoms with van der Waals surface area (Å²) in [5, 5.41) is 14.1. The number of primary amides is 1. The van der Waals surface area contributed by atoms with Gasteiger partial charge in [-0.05, 0) is 17.9 Å². The van der Waals surface area contributed by atoms with Crippen molar-refractivity contribution in [3.8, 4) is 0 Å². The fourth-order valence-corrected chi connectivity index (χ4v) is 2.59. The average Bonchev–Trinajstić information content (AvgIpc) is 2.64. The molecule has 9 heteroatoms. The molecule has 1 aromatic rings. The highest BCUT2D eigenvalue weighted by Crippen LogP contribution is 2.09. The lowest BCUT2D eigenvalue weighted by Gasteiger charge is -2.24. The minimum atomic E-state index is -1.31. The van der Waals surface area contributed by atoms with Gasteiger partial charge in [-0.2, -0.15) is 0 Å². The van der Waals surface area contributed by atoms with E-state index in [1.165, 1.54) is 0 Å². The lowest BCUT2D eigenvalue weighted by molar-refractivity contribution is -0.143. The largest absolute Gasteiger partial charge is 0.480 e. The Morgan fingerprint density at radius 1 is 1.07 bits per heavy atom. The summed E-state index contributed by atoms with van der Waals surface area (Å²) in [4.78, 5) is 47.6. The van der Waals surface area contributed by atoms with Gasteiger partial charge in [-0.15, -0.1) is 0 Å². The maximum Gasteiger partial charge on any atom is 0.326 e. The van der Waals surface area contributed by atoms with Crippen LogP contribution in [0.5, 0.6) is 0 Å². The second-order valence-electron chi connectivity index (χ2n) is 6.74. The minimum absolute atomic E-state index is 0.238. The van der Waals surface area contributed by atoms with Crippen molar-refractivity contribution in [2.75, 3.05) is 0 Å². The number of rotatable bonds is 11. The first kappa shape index (κ1) is 23.1. The quantitative estimate of drug-likeness (QED) is 0.342. The summed E-state index contributed by atoms with van der Waals surface area (Å²) < 4.78 is 0. The first-order valence-corrected chi connectivity index (χ1v) is 9.07. The van der Waals surface area contributed by atoms with Crippen molar-refractivity contribution in [3.63, 3.8) is 0 Å². The van der Waals surface area contributed by atoms with Gasteiger partial charge in [0.25, 0.3) is 0 Å². The van der Waals surface area contributed by atoms with E-state index in [0.717, 1.165) is 5.56 Å². The van der Waals surface area contributed by atoms with E-state index in [2.05, 4.69) is 10.6 Å². The molecule has 154 valence electrons. The second kappa shape index (κ2) is 11.0. The molecule has 0 saturated carbocycles. The van der Waals surface area contributed by atoms with Crippen LogP contribution in [0.1, 0.15) is 32.3 Å². The lowest BCUT2D eigenvalue weighted by atomic mass is 9.98. The molecule has 1 rings (SSSR count). The van der Waals surface area contributed by atoms with Gasteiger partial charge in [-0.3, -0.25) is 14.4 Å². The smallest absolute Gasteiger partial charge is 0.326 e. The van der Waals surface area contributed by atoms with Crippen LogP contribution >= 0.6 is 0 Å². The molecular formula is C19H28N4O5. The molecule has 0 saturated heterocycles. The average molecular weight is 392 g/mol. The molecule has 3 amide bonds. The van der Waals surface area contributed by atoms with E-state index in [1.54, 1.807) is 13.8 Å². The number of nitrogens with one attached hydrogen (secondary N) is 2. The summed E-state index contributed by atoms with van der Waals surface area (Å²) in [5.41, 5.74) is 11.9. The topological polar surface area (TPSA) is 165 Å². The number of aliphatic carboxylic acids is 1. The van der Waals surface area contributed by atoms with Gasteiger partial charge in [-0.1, -0.05) is 50.6 Å². The Hall–Kier alpha value is -2.94. The SMILES string of the molecule is CC[C@H](C)[C@H](NC(=O)[C@H](CC(N)=O)NC(=O)[C@@H](N)Cc1ccccc1)C(=O)O. The summed E-state index contributed by atoms with van der Waals surface area (Å²) in [6.45, 7) is 3.47. The van der Waals surface area contributed by atoms with Crippen LogP contribution in [0, 0.1) is 5.92 Å². The summed E-state index contributed by atoms with van der Waals surface area (Å²) >= 11 is 0. The van der Waals surface area contributed by atoms with Crippen molar-refractivity contribution >= 4 is 23.7 Å². The van der Waals surface area contributed by atoms with Crippen LogP contribution in [0.2, 0.25) is 0 Å². The van der Waals surface area contributed by atoms with Gasteiger partial charge in [0, 0.05) is 0 Å². The van der Waals surface area contributed by atoms with Crippen LogP contribution in [0.15, 0.2) is 30.3 Å². The van der Waals surface area contributed by atoms with Gasteiger partial charge < -0.3 is 27.2 Å². The molecular weight excluding hydrogens is 364 g/mol. The van der Waals surface area contributed by atoms with E-state index in [-0.39, 0.29) is 12.3 Å². The molecule has 7 N–H and O–H groups in total. The molecule has 0 aliphatic carbocycles. The van der Waals surface area contributed by atoms with Crippen molar-refractivity contribution in [1.82, 2.24) is 10.6 Å². The summed E-state index contributed by atoms with van der Waals surface area (Å²) in [7, 11) is 0. The summed E-state index contributed by atoms with van der Waals surface area (Å²) in [5.74, 6) is -3.79. The van der Waals surface area contributed by atoms with Gasteiger partial charge in [0.05, 0.1) is 12.5 Å². The van der Waals surface area contributed by atoms with Gasteiger partial charge in [-0.25, -0.2) is 4.79 Å². The molecule has 0 aliphatic heterocycles. The highest BCUT2D eigenvalue weighted by Gasteiger charge is 2.31. The van der Waals surface area contributed by atoms with Crippen LogP contribution in [-0.2, 0) is 25.6 Å². The molecule has 0 fully saturated rings. The predicted molar refractivity (Wildman–Crippen MR) is 103 cm³/mol. The number of carbonyl (C=O) groups is 4. The van der Waals surface area contributed by atoms with Gasteiger partial charge in [0.2, 0.25) is 17.7 Å². The minimum Gasteiger partial charge on any atom is -0.480 e. The Bertz CT molecular complexity index is 695. The first-order valence-electron chi connectivity index (χ1n) is 9.07. The van der Waals surface area contributed by atoms with E-state index < -0.39 is 48.2 Å². The van der Waals surface area contributed by atoms with E-state index in [1.807, 2.05) is 30.3 Å². The predicted octanol–water partition coefficient (Wildman–Crippen LogP) is -0.468. The number of benzene rings is 1. The molecule has 0 aliphatic rings. The Morgan fingerprint density at radius 2 is 1.68 bits per heavy atom. The third kappa shape index (κ3) is 7.36. The van der Waals surface area contributed by atoms with Gasteiger partial charge in [0.1, 0.15) is 12.1 Å². The van der Waals surface area contributed by atoms with E-state index in [0.29, 0.717) is 6.42 Å². The molecule has 4 atom stereocenters. The normalized spacial score (nSPS) is 15.0. The fraction of sp³-hybridized carbons (Fsp3) is 0.474. The molecule has 0 radical (unpaired) electrons. The number of amides is 3. The highest BCUT2D eigenvalue weighted by atomic mass is 16.4. The summed E-state index contributed by atoms with van der Waals surface area (Å²) in [6, 6.07) is 5.66. The molecule has 0 heterocycles. The zero-order valence-electron chi connectivity index (χ0n) is 16.1. The third-order valence-corrected chi connectivity index (χ3v) is 4.45. The molecule has 0 unspecified atom stereocenters. The van der Waals surface area contributed by atoms with Crippen molar-refractivity contribution in [2.45, 2.75) is 51.2 Å². The maximum absolute atomic E-state index is 12.5. The Balaban J connectivity index is 2.82. The van der Waals surface area contributed by atoms with E-state index >= 15 is 0 Å². The molecule has 1 aromatic carbocycles. The number of nitrogens with two attached hydrogens (primary N) is 2. The van der Waals surface area contributed by atoms with Crippen LogP contribution in [0.25, 0.3) is 0 Å². The van der Waals surface area contributed by atoms with Crippen molar-refractivity contribution in [1.29, 1.82) is 0 Å². The molecule has 0 spiro atoms. The Labute approximate surface area is 163 Å². The van der Waals surface area contributed by atoms with Crippen LogP contribution in [0.3, 0.4) is 0 Å². The number of hydrogen-bond donors (Lipinski definition) is 5.